The van der Waals surface area contributed by atoms with E-state index in [2.05, 4.69) is 89.2 Å². The molecule has 1 aliphatic rings. The van der Waals surface area contributed by atoms with E-state index in [1.807, 2.05) is 0 Å². The third-order valence-electron chi connectivity index (χ3n) is 6.48. The molecule has 0 spiro atoms. The van der Waals surface area contributed by atoms with Gasteiger partial charge in [-0.2, -0.15) is 0 Å². The van der Waals surface area contributed by atoms with Gasteiger partial charge in [-0.25, -0.2) is 0 Å². The fourth-order valence-corrected chi connectivity index (χ4v) is 4.67. The molecule has 5 nitrogen and oxygen atoms in total. The van der Waals surface area contributed by atoms with Crippen molar-refractivity contribution in [1.82, 2.24) is 14.4 Å². The summed E-state index contributed by atoms with van der Waals surface area (Å²) in [5.41, 5.74) is 6.16. The number of ether oxygens (including phenoxy) is 1. The van der Waals surface area contributed by atoms with Gasteiger partial charge in [0.15, 0.2) is 5.11 Å². The SMILES string of the molecule is Cc1cccc(NC(=S)N(CCCN2CCOCC2)Cc2cn(C)c3ccccc23)c1C. The molecule has 32 heavy (non-hydrogen) atoms. The summed E-state index contributed by atoms with van der Waals surface area (Å²) in [6, 6.07) is 14.9. The Balaban J connectivity index is 1.51. The predicted octanol–water partition coefficient (Wildman–Crippen LogP) is 4.72. The van der Waals surface area contributed by atoms with E-state index < -0.39 is 0 Å². The third kappa shape index (κ3) is 5.31. The lowest BCUT2D eigenvalue weighted by Crippen LogP contribution is -2.40. The van der Waals surface area contributed by atoms with Gasteiger partial charge in [0.1, 0.15) is 0 Å². The first kappa shape index (κ1) is 22.8. The fourth-order valence-electron chi connectivity index (χ4n) is 4.40. The molecule has 170 valence electrons. The molecule has 6 heteroatoms. The Bertz CT molecular complexity index is 1070. The first-order valence-corrected chi connectivity index (χ1v) is 11.9. The van der Waals surface area contributed by atoms with Gasteiger partial charge < -0.3 is 19.5 Å². The number of hydrogen-bond acceptors (Lipinski definition) is 3. The largest absolute Gasteiger partial charge is 0.379 e. The van der Waals surface area contributed by atoms with Crippen LogP contribution >= 0.6 is 12.2 Å². The van der Waals surface area contributed by atoms with E-state index in [1.54, 1.807) is 0 Å². The number of para-hydroxylation sites is 1. The number of rotatable bonds is 7. The van der Waals surface area contributed by atoms with Crippen LogP contribution in [0.15, 0.2) is 48.7 Å². The lowest BCUT2D eigenvalue weighted by molar-refractivity contribution is 0.0368. The van der Waals surface area contributed by atoms with Crippen molar-refractivity contribution in [3.05, 3.63) is 65.4 Å². The molecule has 0 radical (unpaired) electrons. The molecule has 0 amide bonds. The van der Waals surface area contributed by atoms with Crippen molar-refractivity contribution < 1.29 is 4.74 Å². The molecule has 1 aromatic heterocycles. The summed E-state index contributed by atoms with van der Waals surface area (Å²) < 4.78 is 7.70. The van der Waals surface area contributed by atoms with Gasteiger partial charge in [-0.15, -0.1) is 0 Å². The van der Waals surface area contributed by atoms with Crippen molar-refractivity contribution in [2.75, 3.05) is 44.7 Å². The van der Waals surface area contributed by atoms with Crippen LogP contribution in [0.5, 0.6) is 0 Å². The lowest BCUT2D eigenvalue weighted by atomic mass is 10.1. The molecule has 1 saturated heterocycles. The minimum absolute atomic E-state index is 0.786. The minimum Gasteiger partial charge on any atom is -0.379 e. The third-order valence-corrected chi connectivity index (χ3v) is 6.84. The molecule has 0 unspecified atom stereocenters. The highest BCUT2D eigenvalue weighted by atomic mass is 32.1. The Morgan fingerprint density at radius 2 is 1.88 bits per heavy atom. The van der Waals surface area contributed by atoms with Gasteiger partial charge in [-0.3, -0.25) is 4.90 Å². The zero-order valence-corrected chi connectivity index (χ0v) is 20.3. The normalized spacial score (nSPS) is 14.6. The molecule has 2 heterocycles. The average molecular weight is 451 g/mol. The topological polar surface area (TPSA) is 32.7 Å². The van der Waals surface area contributed by atoms with Crippen molar-refractivity contribution in [1.29, 1.82) is 0 Å². The number of aryl methyl sites for hydroxylation is 2. The van der Waals surface area contributed by atoms with Crippen LogP contribution in [0.3, 0.4) is 0 Å². The number of aromatic nitrogens is 1. The van der Waals surface area contributed by atoms with Gasteiger partial charge in [0.25, 0.3) is 0 Å². The summed E-state index contributed by atoms with van der Waals surface area (Å²) >= 11 is 5.93. The van der Waals surface area contributed by atoms with Crippen LogP contribution in [0.25, 0.3) is 10.9 Å². The number of nitrogens with zero attached hydrogens (tertiary/aromatic N) is 3. The fraction of sp³-hybridized carbons (Fsp3) is 0.423. The Hall–Kier alpha value is -2.41. The van der Waals surface area contributed by atoms with E-state index in [4.69, 9.17) is 17.0 Å². The first-order chi connectivity index (χ1) is 15.5. The minimum atomic E-state index is 0.786. The van der Waals surface area contributed by atoms with E-state index in [1.165, 1.54) is 27.6 Å². The van der Waals surface area contributed by atoms with Crippen LogP contribution in [0, 0.1) is 13.8 Å². The molecule has 0 saturated carbocycles. The standard InChI is InChI=1S/C26H34N4OS/c1-20-8-6-10-24(21(20)2)27-26(32)30(13-7-12-29-14-16-31-17-15-29)19-22-18-28(3)25-11-5-4-9-23(22)25/h4-6,8-11,18H,7,12-17,19H2,1-3H3,(H,27,32). The van der Waals surface area contributed by atoms with Crippen molar-refractivity contribution in [3.8, 4) is 0 Å². The van der Waals surface area contributed by atoms with Gasteiger partial charge in [-0.05, 0) is 61.3 Å². The summed E-state index contributed by atoms with van der Waals surface area (Å²) in [7, 11) is 2.11. The van der Waals surface area contributed by atoms with Crippen LogP contribution < -0.4 is 5.32 Å². The molecular weight excluding hydrogens is 416 g/mol. The van der Waals surface area contributed by atoms with Crippen molar-refractivity contribution in [2.24, 2.45) is 7.05 Å². The number of thiocarbonyl (C=S) groups is 1. The number of morpholine rings is 1. The van der Waals surface area contributed by atoms with E-state index in [-0.39, 0.29) is 0 Å². The molecule has 3 aromatic rings. The van der Waals surface area contributed by atoms with Gasteiger partial charge in [0.05, 0.1) is 13.2 Å². The summed E-state index contributed by atoms with van der Waals surface area (Å²) in [5, 5.41) is 5.61. The molecule has 1 fully saturated rings. The quantitative estimate of drug-likeness (QED) is 0.527. The van der Waals surface area contributed by atoms with Gasteiger partial charge in [-0.1, -0.05) is 30.3 Å². The Labute approximate surface area is 197 Å². The zero-order valence-electron chi connectivity index (χ0n) is 19.4. The van der Waals surface area contributed by atoms with E-state index >= 15 is 0 Å². The predicted molar refractivity (Wildman–Crippen MR) is 137 cm³/mol. The maximum Gasteiger partial charge on any atom is 0.173 e. The number of hydrogen-bond donors (Lipinski definition) is 1. The highest BCUT2D eigenvalue weighted by molar-refractivity contribution is 7.80. The van der Waals surface area contributed by atoms with E-state index in [9.17, 15) is 0 Å². The maximum absolute atomic E-state index is 5.93. The second-order valence-corrected chi connectivity index (χ2v) is 9.08. The van der Waals surface area contributed by atoms with Crippen LogP contribution in [0.2, 0.25) is 0 Å². The van der Waals surface area contributed by atoms with Crippen LogP contribution in [0.1, 0.15) is 23.1 Å². The van der Waals surface area contributed by atoms with Crippen molar-refractivity contribution in [2.45, 2.75) is 26.8 Å². The summed E-state index contributed by atoms with van der Waals surface area (Å²) in [6.07, 6.45) is 3.31. The molecule has 1 aliphatic heterocycles. The number of fused-ring (bicyclic) bond motifs is 1. The lowest BCUT2D eigenvalue weighted by Gasteiger charge is -2.30. The smallest absolute Gasteiger partial charge is 0.173 e. The summed E-state index contributed by atoms with van der Waals surface area (Å²) in [6.45, 7) is 10.8. The first-order valence-electron chi connectivity index (χ1n) is 11.5. The maximum atomic E-state index is 5.93. The van der Waals surface area contributed by atoms with Crippen molar-refractivity contribution >= 4 is 33.9 Å². The Morgan fingerprint density at radius 1 is 1.09 bits per heavy atom. The zero-order chi connectivity index (χ0) is 22.5. The number of nitrogens with one attached hydrogen (secondary N) is 1. The molecule has 1 N–H and O–H groups in total. The highest BCUT2D eigenvalue weighted by Crippen LogP contribution is 2.23. The molecule has 2 aromatic carbocycles. The number of benzene rings is 2. The average Bonchev–Trinajstić information content (AvgIpc) is 3.12. The van der Waals surface area contributed by atoms with Crippen LogP contribution in [0.4, 0.5) is 5.69 Å². The monoisotopic (exact) mass is 450 g/mol. The Kier molecular flexibility index (Phi) is 7.45. The summed E-state index contributed by atoms with van der Waals surface area (Å²) in [4.78, 5) is 4.81. The molecule has 0 atom stereocenters. The second kappa shape index (κ2) is 10.5. The van der Waals surface area contributed by atoms with E-state index in [0.29, 0.717) is 0 Å². The summed E-state index contributed by atoms with van der Waals surface area (Å²) in [5.74, 6) is 0. The Morgan fingerprint density at radius 3 is 2.69 bits per heavy atom. The molecule has 0 aliphatic carbocycles. The van der Waals surface area contributed by atoms with Gasteiger partial charge in [0, 0.05) is 62.6 Å². The van der Waals surface area contributed by atoms with Gasteiger partial charge in [0.2, 0.25) is 0 Å². The van der Waals surface area contributed by atoms with Crippen molar-refractivity contribution in [3.63, 3.8) is 0 Å². The molecule has 0 bridgehead atoms. The number of anilines is 1. The van der Waals surface area contributed by atoms with Gasteiger partial charge >= 0.3 is 0 Å². The van der Waals surface area contributed by atoms with Crippen LogP contribution in [-0.4, -0.2) is 58.9 Å². The molecular formula is C26H34N4OS. The van der Waals surface area contributed by atoms with E-state index in [0.717, 1.165) is 63.2 Å². The highest BCUT2D eigenvalue weighted by Gasteiger charge is 2.17. The second-order valence-electron chi connectivity index (χ2n) is 8.69. The molecule has 4 rings (SSSR count). The van der Waals surface area contributed by atoms with Crippen LogP contribution in [-0.2, 0) is 18.3 Å².